The molecule has 0 aliphatic carbocycles. The lowest BCUT2D eigenvalue weighted by Crippen LogP contribution is -2.29. The Morgan fingerprint density at radius 2 is 1.80 bits per heavy atom. The van der Waals surface area contributed by atoms with E-state index in [1.165, 1.54) is 11.8 Å². The van der Waals surface area contributed by atoms with Crippen LogP contribution in [0.4, 0.5) is 0 Å². The van der Waals surface area contributed by atoms with Crippen LogP contribution in [-0.2, 0) is 9.53 Å². The minimum Gasteiger partial charge on any atom is -0.385 e. The molecule has 4 rings (SSSR count). The van der Waals surface area contributed by atoms with Gasteiger partial charge in [0.15, 0.2) is 0 Å². The van der Waals surface area contributed by atoms with Crippen LogP contribution < -0.4 is 0 Å². The van der Waals surface area contributed by atoms with Crippen LogP contribution in [0.3, 0.4) is 0 Å². The second-order valence-electron chi connectivity index (χ2n) is 6.76. The molecule has 0 N–H and O–H groups in total. The van der Waals surface area contributed by atoms with Gasteiger partial charge in [-0.25, -0.2) is 4.68 Å². The summed E-state index contributed by atoms with van der Waals surface area (Å²) < 4.78 is 7.51. The van der Waals surface area contributed by atoms with Crippen LogP contribution in [0.15, 0.2) is 71.8 Å². The predicted octanol–water partition coefficient (Wildman–Crippen LogP) is 4.78. The molecular formula is C23H21N3O2S2. The fraction of sp³-hybridized carbons (Fsp3) is 0.174. The number of hydrogen-bond donors (Lipinski definition) is 0. The average Bonchev–Trinajstić information content (AvgIpc) is 3.31. The van der Waals surface area contributed by atoms with Gasteiger partial charge in [-0.15, -0.1) is 0 Å². The first kappa shape index (κ1) is 20.5. The number of thiocarbonyl (C=S) groups is 1. The Morgan fingerprint density at radius 3 is 2.50 bits per heavy atom. The van der Waals surface area contributed by atoms with Gasteiger partial charge in [-0.1, -0.05) is 72.5 Å². The highest BCUT2D eigenvalue weighted by atomic mass is 32.2. The number of carbonyl (C=O) groups excluding carboxylic acids is 1. The number of ether oxygens (including phenoxy) is 1. The summed E-state index contributed by atoms with van der Waals surface area (Å²) in [5.74, 6) is -0.0624. The first-order valence-corrected chi connectivity index (χ1v) is 10.8. The highest BCUT2D eigenvalue weighted by Crippen LogP contribution is 2.34. The topological polar surface area (TPSA) is 47.4 Å². The number of hydrogen-bond acceptors (Lipinski definition) is 5. The van der Waals surface area contributed by atoms with E-state index in [4.69, 9.17) is 22.1 Å². The van der Waals surface area contributed by atoms with E-state index in [1.54, 1.807) is 12.0 Å². The summed E-state index contributed by atoms with van der Waals surface area (Å²) in [6.45, 7) is 1.16. The molecule has 1 fully saturated rings. The van der Waals surface area contributed by atoms with E-state index in [2.05, 4.69) is 0 Å². The quantitative estimate of drug-likeness (QED) is 0.304. The van der Waals surface area contributed by atoms with E-state index in [1.807, 2.05) is 77.6 Å². The molecule has 1 aliphatic heterocycles. The molecule has 1 amide bonds. The fourth-order valence-electron chi connectivity index (χ4n) is 3.23. The van der Waals surface area contributed by atoms with Gasteiger partial charge in [-0.2, -0.15) is 5.10 Å². The molecule has 0 unspecified atom stereocenters. The van der Waals surface area contributed by atoms with Crippen molar-refractivity contribution in [1.82, 2.24) is 14.7 Å². The van der Waals surface area contributed by atoms with Crippen LogP contribution in [0.1, 0.15) is 12.0 Å². The Kier molecular flexibility index (Phi) is 6.42. The number of thioether (sulfide) groups is 1. The maximum atomic E-state index is 12.9. The number of carbonyl (C=O) groups is 1. The molecule has 0 spiro atoms. The molecule has 0 radical (unpaired) electrons. The number of rotatable bonds is 7. The molecule has 0 bridgehead atoms. The van der Waals surface area contributed by atoms with Crippen molar-refractivity contribution < 1.29 is 9.53 Å². The zero-order valence-electron chi connectivity index (χ0n) is 16.5. The van der Waals surface area contributed by atoms with Crippen molar-refractivity contribution in [2.45, 2.75) is 6.42 Å². The maximum absolute atomic E-state index is 12.9. The first-order chi connectivity index (χ1) is 14.7. The summed E-state index contributed by atoms with van der Waals surface area (Å²) >= 11 is 6.77. The van der Waals surface area contributed by atoms with E-state index in [0.29, 0.717) is 22.4 Å². The van der Waals surface area contributed by atoms with Gasteiger partial charge in [0.2, 0.25) is 0 Å². The van der Waals surface area contributed by atoms with E-state index in [0.717, 1.165) is 28.9 Å². The number of aromatic nitrogens is 2. The minimum absolute atomic E-state index is 0.0624. The lowest BCUT2D eigenvalue weighted by Gasteiger charge is -2.13. The number of benzene rings is 2. The van der Waals surface area contributed by atoms with Gasteiger partial charge in [0.05, 0.1) is 16.3 Å². The molecule has 152 valence electrons. The van der Waals surface area contributed by atoms with Gasteiger partial charge in [0, 0.05) is 37.6 Å². The molecule has 1 saturated heterocycles. The highest BCUT2D eigenvalue weighted by molar-refractivity contribution is 8.26. The number of nitrogens with zero attached hydrogens (tertiary/aromatic N) is 3. The fourth-order valence-corrected chi connectivity index (χ4v) is 4.53. The molecule has 0 atom stereocenters. The molecule has 2 aromatic carbocycles. The SMILES string of the molecule is COCCCN1C(=O)/C(=C\c2cn(-c3ccccc3)nc2-c2ccccc2)SC1=S. The third-order valence-electron chi connectivity index (χ3n) is 4.70. The van der Waals surface area contributed by atoms with Crippen LogP contribution in [0.2, 0.25) is 0 Å². The van der Waals surface area contributed by atoms with Gasteiger partial charge in [0.1, 0.15) is 4.32 Å². The predicted molar refractivity (Wildman–Crippen MR) is 125 cm³/mol. The van der Waals surface area contributed by atoms with Crippen LogP contribution in [-0.4, -0.2) is 45.2 Å². The Labute approximate surface area is 185 Å². The lowest BCUT2D eigenvalue weighted by atomic mass is 10.1. The van der Waals surface area contributed by atoms with Crippen molar-refractivity contribution in [3.05, 3.63) is 77.3 Å². The van der Waals surface area contributed by atoms with E-state index >= 15 is 0 Å². The smallest absolute Gasteiger partial charge is 0.266 e. The summed E-state index contributed by atoms with van der Waals surface area (Å²) in [5, 5.41) is 4.81. The van der Waals surface area contributed by atoms with Crippen LogP contribution >= 0.6 is 24.0 Å². The summed E-state index contributed by atoms with van der Waals surface area (Å²) in [7, 11) is 1.65. The maximum Gasteiger partial charge on any atom is 0.266 e. The molecule has 2 heterocycles. The number of para-hydroxylation sites is 1. The van der Waals surface area contributed by atoms with E-state index in [9.17, 15) is 4.79 Å². The monoisotopic (exact) mass is 435 g/mol. The van der Waals surface area contributed by atoms with Crippen molar-refractivity contribution in [1.29, 1.82) is 0 Å². The minimum atomic E-state index is -0.0624. The molecule has 0 saturated carbocycles. The standard InChI is InChI=1S/C23H21N3O2S2/c1-28-14-8-13-25-22(27)20(30-23(25)29)15-18-16-26(19-11-6-3-7-12-19)24-21(18)17-9-4-2-5-10-17/h2-7,9-12,15-16H,8,13-14H2,1H3/b20-15+. The largest absolute Gasteiger partial charge is 0.385 e. The van der Waals surface area contributed by atoms with Gasteiger partial charge < -0.3 is 4.74 Å². The lowest BCUT2D eigenvalue weighted by molar-refractivity contribution is -0.122. The third kappa shape index (κ3) is 4.38. The number of methoxy groups -OCH3 is 1. The first-order valence-electron chi connectivity index (χ1n) is 9.62. The molecule has 1 aromatic heterocycles. The van der Waals surface area contributed by atoms with Crippen LogP contribution in [0.25, 0.3) is 23.0 Å². The third-order valence-corrected chi connectivity index (χ3v) is 6.08. The van der Waals surface area contributed by atoms with E-state index < -0.39 is 0 Å². The van der Waals surface area contributed by atoms with Crippen molar-refractivity contribution in [2.24, 2.45) is 0 Å². The van der Waals surface area contributed by atoms with Crippen LogP contribution in [0.5, 0.6) is 0 Å². The summed E-state index contributed by atoms with van der Waals surface area (Å²) in [6, 6.07) is 19.9. The average molecular weight is 436 g/mol. The van der Waals surface area contributed by atoms with Crippen LogP contribution in [0, 0.1) is 0 Å². The van der Waals surface area contributed by atoms with Crippen molar-refractivity contribution >= 4 is 40.3 Å². The zero-order valence-corrected chi connectivity index (χ0v) is 18.2. The Balaban J connectivity index is 1.70. The van der Waals surface area contributed by atoms with Crippen molar-refractivity contribution in [3.8, 4) is 16.9 Å². The highest BCUT2D eigenvalue weighted by Gasteiger charge is 2.32. The van der Waals surface area contributed by atoms with E-state index in [-0.39, 0.29) is 5.91 Å². The molecule has 30 heavy (non-hydrogen) atoms. The molecule has 5 nitrogen and oxygen atoms in total. The van der Waals surface area contributed by atoms with Gasteiger partial charge in [0.25, 0.3) is 5.91 Å². The number of amides is 1. The Morgan fingerprint density at radius 1 is 1.10 bits per heavy atom. The second-order valence-corrected chi connectivity index (χ2v) is 8.43. The van der Waals surface area contributed by atoms with Crippen molar-refractivity contribution in [2.75, 3.05) is 20.3 Å². The van der Waals surface area contributed by atoms with Gasteiger partial charge >= 0.3 is 0 Å². The second kappa shape index (κ2) is 9.38. The molecule has 3 aromatic rings. The van der Waals surface area contributed by atoms with Gasteiger partial charge in [-0.05, 0) is 24.6 Å². The van der Waals surface area contributed by atoms with Crippen molar-refractivity contribution in [3.63, 3.8) is 0 Å². The summed E-state index contributed by atoms with van der Waals surface area (Å²) in [4.78, 5) is 15.2. The molecule has 1 aliphatic rings. The normalized spacial score (nSPS) is 15.4. The zero-order chi connectivity index (χ0) is 20.9. The molecular weight excluding hydrogens is 414 g/mol. The summed E-state index contributed by atoms with van der Waals surface area (Å²) in [6.07, 6.45) is 4.59. The van der Waals surface area contributed by atoms with Gasteiger partial charge in [-0.3, -0.25) is 9.69 Å². The molecule has 7 heteroatoms. The Hall–Kier alpha value is -2.74. The Bertz CT molecular complexity index is 1080. The summed E-state index contributed by atoms with van der Waals surface area (Å²) in [5.41, 5.74) is 3.65.